The number of amidine groups is 1. The molecule has 1 aromatic heterocycles. The van der Waals surface area contributed by atoms with Gasteiger partial charge in [0.05, 0.1) is 31.6 Å². The molecule has 1 aromatic carbocycles. The molecule has 0 aliphatic carbocycles. The minimum Gasteiger partial charge on any atom is -0.480 e. The minimum atomic E-state index is -0.423. The molecule has 1 amide bonds. The van der Waals surface area contributed by atoms with Crippen LogP contribution in [0.2, 0.25) is 0 Å². The molecule has 0 bridgehead atoms. The maximum absolute atomic E-state index is 12.4. The van der Waals surface area contributed by atoms with Gasteiger partial charge in [-0.2, -0.15) is 0 Å². The molecule has 0 radical (unpaired) electrons. The second-order valence-corrected chi connectivity index (χ2v) is 6.10. The van der Waals surface area contributed by atoms with Crippen LogP contribution in [0.4, 0.5) is 5.69 Å². The van der Waals surface area contributed by atoms with Crippen LogP contribution in [-0.4, -0.2) is 49.1 Å². The molecule has 8 nitrogen and oxygen atoms in total. The van der Waals surface area contributed by atoms with Crippen molar-refractivity contribution in [1.29, 1.82) is 0 Å². The highest BCUT2D eigenvalue weighted by molar-refractivity contribution is 6.02. The molecular weight excluding hydrogens is 334 g/mol. The number of anilines is 1. The standard InChI is InChI=1S/C18H21N5O3/c1-18(11-26-10-15(19-2)23-18)12-5-4-6-13(7-12)22-17(24)14-8-21-16(25-3)9-20-14/h4-9H,10-11H2,1-3H3,(H,19,23)(H,22,24). The van der Waals surface area contributed by atoms with Crippen molar-refractivity contribution < 1.29 is 14.3 Å². The fraction of sp³-hybridized carbons (Fsp3) is 0.333. The van der Waals surface area contributed by atoms with E-state index in [1.54, 1.807) is 7.05 Å². The SMILES string of the molecule is CN=C1COCC(C)(c2cccc(NC(=O)c3cnc(OC)cn3)c2)N1. The van der Waals surface area contributed by atoms with E-state index in [4.69, 9.17) is 9.47 Å². The first-order valence-electron chi connectivity index (χ1n) is 8.13. The average Bonchev–Trinajstić information content (AvgIpc) is 2.68. The van der Waals surface area contributed by atoms with Gasteiger partial charge >= 0.3 is 0 Å². The van der Waals surface area contributed by atoms with Crippen LogP contribution in [0, 0.1) is 0 Å². The third-order valence-corrected chi connectivity index (χ3v) is 4.15. The monoisotopic (exact) mass is 355 g/mol. The average molecular weight is 355 g/mol. The number of aromatic nitrogens is 2. The fourth-order valence-electron chi connectivity index (χ4n) is 2.69. The first-order valence-corrected chi connectivity index (χ1v) is 8.13. The highest BCUT2D eigenvalue weighted by Gasteiger charge is 2.32. The van der Waals surface area contributed by atoms with Crippen molar-refractivity contribution in [2.45, 2.75) is 12.5 Å². The molecule has 8 heteroatoms. The summed E-state index contributed by atoms with van der Waals surface area (Å²) in [5.74, 6) is 0.807. The van der Waals surface area contributed by atoms with E-state index in [-0.39, 0.29) is 11.6 Å². The van der Waals surface area contributed by atoms with Gasteiger partial charge < -0.3 is 20.1 Å². The van der Waals surface area contributed by atoms with Crippen LogP contribution < -0.4 is 15.4 Å². The summed E-state index contributed by atoms with van der Waals surface area (Å²) in [6.07, 6.45) is 2.78. The van der Waals surface area contributed by atoms with Crippen LogP contribution >= 0.6 is 0 Å². The molecule has 1 saturated heterocycles. The number of nitrogens with zero attached hydrogens (tertiary/aromatic N) is 3. The minimum absolute atomic E-state index is 0.210. The fourth-order valence-corrected chi connectivity index (χ4v) is 2.69. The second kappa shape index (κ2) is 7.49. The number of amides is 1. The zero-order valence-electron chi connectivity index (χ0n) is 14.9. The number of nitrogens with one attached hydrogen (secondary N) is 2. The Morgan fingerprint density at radius 3 is 2.92 bits per heavy atom. The normalized spacial score (nSPS) is 21.1. The number of carbonyl (C=O) groups excluding carboxylic acids is 1. The Morgan fingerprint density at radius 2 is 2.23 bits per heavy atom. The van der Waals surface area contributed by atoms with Gasteiger partial charge in [0.25, 0.3) is 5.91 Å². The van der Waals surface area contributed by atoms with E-state index in [1.807, 2.05) is 31.2 Å². The van der Waals surface area contributed by atoms with Crippen LogP contribution in [0.5, 0.6) is 5.88 Å². The summed E-state index contributed by atoms with van der Waals surface area (Å²) in [4.78, 5) is 24.6. The predicted molar refractivity (Wildman–Crippen MR) is 97.6 cm³/mol. The van der Waals surface area contributed by atoms with Crippen molar-refractivity contribution in [2.75, 3.05) is 32.7 Å². The topological polar surface area (TPSA) is 97.7 Å². The summed E-state index contributed by atoms with van der Waals surface area (Å²) in [6.45, 7) is 3.01. The van der Waals surface area contributed by atoms with E-state index in [0.29, 0.717) is 24.8 Å². The summed E-state index contributed by atoms with van der Waals surface area (Å²) >= 11 is 0. The molecule has 3 rings (SSSR count). The molecule has 1 atom stereocenters. The summed E-state index contributed by atoms with van der Waals surface area (Å²) < 4.78 is 10.6. The smallest absolute Gasteiger partial charge is 0.275 e. The molecule has 0 saturated carbocycles. The van der Waals surface area contributed by atoms with Gasteiger partial charge in [-0.05, 0) is 24.6 Å². The lowest BCUT2D eigenvalue weighted by molar-refractivity contribution is 0.0852. The first kappa shape index (κ1) is 17.8. The van der Waals surface area contributed by atoms with E-state index in [9.17, 15) is 4.79 Å². The van der Waals surface area contributed by atoms with Crippen LogP contribution in [0.15, 0.2) is 41.7 Å². The zero-order valence-corrected chi connectivity index (χ0v) is 14.9. The predicted octanol–water partition coefficient (Wildman–Crippen LogP) is 1.60. The Morgan fingerprint density at radius 1 is 1.38 bits per heavy atom. The van der Waals surface area contributed by atoms with Crippen molar-refractivity contribution >= 4 is 17.4 Å². The van der Waals surface area contributed by atoms with Crippen molar-refractivity contribution in [3.05, 3.63) is 47.9 Å². The highest BCUT2D eigenvalue weighted by atomic mass is 16.5. The highest BCUT2D eigenvalue weighted by Crippen LogP contribution is 2.26. The van der Waals surface area contributed by atoms with E-state index in [2.05, 4.69) is 25.6 Å². The molecule has 2 aromatic rings. The summed E-state index contributed by atoms with van der Waals surface area (Å²) in [7, 11) is 3.22. The Kier molecular flexibility index (Phi) is 5.13. The van der Waals surface area contributed by atoms with Crippen LogP contribution in [-0.2, 0) is 10.3 Å². The van der Waals surface area contributed by atoms with Gasteiger partial charge in [0.2, 0.25) is 5.88 Å². The van der Waals surface area contributed by atoms with Gasteiger partial charge in [-0.25, -0.2) is 9.97 Å². The molecule has 0 spiro atoms. The number of morpholine rings is 1. The molecule has 1 aliphatic rings. The number of methoxy groups -OCH3 is 1. The molecular formula is C18H21N5O3. The number of ether oxygens (including phenoxy) is 2. The largest absolute Gasteiger partial charge is 0.480 e. The maximum atomic E-state index is 12.4. The Labute approximate surface area is 151 Å². The van der Waals surface area contributed by atoms with Gasteiger partial charge in [0.1, 0.15) is 18.1 Å². The van der Waals surface area contributed by atoms with Gasteiger partial charge in [0.15, 0.2) is 0 Å². The Hall–Kier alpha value is -3.00. The Balaban J connectivity index is 1.77. The van der Waals surface area contributed by atoms with Crippen molar-refractivity contribution in [3.63, 3.8) is 0 Å². The summed E-state index contributed by atoms with van der Waals surface area (Å²) in [5.41, 5.74) is 1.43. The van der Waals surface area contributed by atoms with E-state index >= 15 is 0 Å². The van der Waals surface area contributed by atoms with E-state index < -0.39 is 5.54 Å². The third-order valence-electron chi connectivity index (χ3n) is 4.15. The lowest BCUT2D eigenvalue weighted by Crippen LogP contribution is -2.52. The van der Waals surface area contributed by atoms with Crippen LogP contribution in [0.25, 0.3) is 0 Å². The quantitative estimate of drug-likeness (QED) is 0.865. The number of hydrogen-bond acceptors (Lipinski definition) is 6. The molecule has 26 heavy (non-hydrogen) atoms. The molecule has 1 fully saturated rings. The maximum Gasteiger partial charge on any atom is 0.275 e. The van der Waals surface area contributed by atoms with Gasteiger partial charge in [0, 0.05) is 12.7 Å². The van der Waals surface area contributed by atoms with E-state index in [0.717, 1.165) is 11.4 Å². The van der Waals surface area contributed by atoms with E-state index in [1.165, 1.54) is 19.5 Å². The van der Waals surface area contributed by atoms with Gasteiger partial charge in [-0.3, -0.25) is 9.79 Å². The number of benzene rings is 1. The van der Waals surface area contributed by atoms with Crippen LogP contribution in [0.1, 0.15) is 23.0 Å². The van der Waals surface area contributed by atoms with Crippen molar-refractivity contribution in [2.24, 2.45) is 4.99 Å². The first-order chi connectivity index (χ1) is 12.5. The number of aliphatic imine (C=N–C) groups is 1. The zero-order chi connectivity index (χ0) is 18.6. The second-order valence-electron chi connectivity index (χ2n) is 6.10. The van der Waals surface area contributed by atoms with Crippen molar-refractivity contribution in [3.8, 4) is 5.88 Å². The lowest BCUT2D eigenvalue weighted by atomic mass is 9.91. The lowest BCUT2D eigenvalue weighted by Gasteiger charge is -2.36. The van der Waals surface area contributed by atoms with Gasteiger partial charge in [-0.1, -0.05) is 12.1 Å². The third kappa shape index (κ3) is 3.80. The van der Waals surface area contributed by atoms with Gasteiger partial charge in [-0.15, -0.1) is 0 Å². The molecule has 1 unspecified atom stereocenters. The molecule has 2 heterocycles. The van der Waals surface area contributed by atoms with Crippen molar-refractivity contribution in [1.82, 2.24) is 15.3 Å². The molecule has 1 aliphatic heterocycles. The summed E-state index contributed by atoms with van der Waals surface area (Å²) in [5, 5.41) is 6.23. The molecule has 2 N–H and O–H groups in total. The van der Waals surface area contributed by atoms with Crippen LogP contribution in [0.3, 0.4) is 0 Å². The Bertz CT molecular complexity index is 822. The summed E-state index contributed by atoms with van der Waals surface area (Å²) in [6, 6.07) is 7.59. The number of hydrogen-bond donors (Lipinski definition) is 2. The molecule has 136 valence electrons. The number of rotatable bonds is 4. The number of carbonyl (C=O) groups is 1.